The van der Waals surface area contributed by atoms with Gasteiger partial charge >= 0.3 is 11.9 Å². The second-order valence-electron chi connectivity index (χ2n) is 10.6. The lowest BCUT2D eigenvalue weighted by molar-refractivity contribution is -0.146. The average Bonchev–Trinajstić information content (AvgIpc) is 3.42. The van der Waals surface area contributed by atoms with E-state index < -0.39 is 23.9 Å². The number of esters is 2. The number of carbonyl (C=O) groups is 4. The molecule has 45 heavy (non-hydrogen) atoms. The van der Waals surface area contributed by atoms with Crippen LogP contribution in [0.25, 0.3) is 11.0 Å². The fourth-order valence-electron chi connectivity index (χ4n) is 4.74. The average molecular weight is 641 g/mol. The fraction of sp³-hybridized carbons (Fsp3) is 0.500. The summed E-state index contributed by atoms with van der Waals surface area (Å²) in [5, 5.41) is 9.63. The number of aromatic amines is 2. The molecule has 5 N–H and O–H groups in total. The molecule has 0 bridgehead atoms. The summed E-state index contributed by atoms with van der Waals surface area (Å²) >= 11 is 5.53. The Bertz CT molecular complexity index is 1490. The van der Waals surface area contributed by atoms with Crippen molar-refractivity contribution in [2.45, 2.75) is 91.3 Å². The predicted octanol–water partition coefficient (Wildman–Crippen LogP) is 5.21. The van der Waals surface area contributed by atoms with E-state index in [-0.39, 0.29) is 32.0 Å². The lowest BCUT2D eigenvalue weighted by atomic mass is 10.1. The highest BCUT2D eigenvalue weighted by Crippen LogP contribution is 2.19. The number of H-pyrrole nitrogens is 2. The van der Waals surface area contributed by atoms with Gasteiger partial charge in [0, 0.05) is 37.7 Å². The monoisotopic (exact) mass is 640 g/mol. The molecule has 0 fully saturated rings. The summed E-state index contributed by atoms with van der Waals surface area (Å²) in [6.45, 7) is 6.97. The maximum Gasteiger partial charge on any atom is 0.328 e. The molecule has 244 valence electrons. The Balaban J connectivity index is 1.52. The van der Waals surface area contributed by atoms with Crippen molar-refractivity contribution in [3.05, 3.63) is 51.8 Å². The van der Waals surface area contributed by atoms with Crippen molar-refractivity contribution in [3.63, 3.8) is 0 Å². The van der Waals surface area contributed by atoms with Crippen LogP contribution in [0.5, 0.6) is 0 Å². The van der Waals surface area contributed by atoms with Crippen molar-refractivity contribution >= 4 is 53.0 Å². The molecule has 3 rings (SSSR count). The van der Waals surface area contributed by atoms with Gasteiger partial charge in [-0.15, -0.1) is 0 Å². The summed E-state index contributed by atoms with van der Waals surface area (Å²) in [5.74, 6) is -1.25. The molecule has 0 aliphatic heterocycles. The van der Waals surface area contributed by atoms with Gasteiger partial charge in [-0.05, 0) is 49.9 Å². The van der Waals surface area contributed by atoms with Crippen molar-refractivity contribution in [2.75, 3.05) is 18.5 Å². The highest BCUT2D eigenvalue weighted by atomic mass is 32.1. The predicted molar refractivity (Wildman–Crippen MR) is 174 cm³/mol. The quantitative estimate of drug-likeness (QED) is 0.0671. The van der Waals surface area contributed by atoms with Gasteiger partial charge in [-0.3, -0.25) is 19.7 Å². The topological polar surface area (TPSA) is 167 Å². The number of fused-ring (bicyclic) bond motifs is 1. The second kappa shape index (κ2) is 18.6. The minimum absolute atomic E-state index is 0.0172. The third kappa shape index (κ3) is 11.4. The molecule has 0 saturated carbocycles. The lowest BCUT2D eigenvalue weighted by Gasteiger charge is -2.17. The van der Waals surface area contributed by atoms with Crippen LogP contribution in [0.15, 0.2) is 30.5 Å². The molecule has 0 radical (unpaired) electrons. The van der Waals surface area contributed by atoms with Crippen LogP contribution in [0, 0.1) is 4.64 Å². The summed E-state index contributed by atoms with van der Waals surface area (Å²) in [4.78, 5) is 59.9. The van der Waals surface area contributed by atoms with Crippen molar-refractivity contribution in [1.82, 2.24) is 25.6 Å². The van der Waals surface area contributed by atoms with E-state index in [1.807, 2.05) is 18.3 Å². The van der Waals surface area contributed by atoms with Crippen molar-refractivity contribution < 1.29 is 28.7 Å². The summed E-state index contributed by atoms with van der Waals surface area (Å²) in [6.07, 6.45) is 7.72. The molecule has 2 heterocycles. The summed E-state index contributed by atoms with van der Waals surface area (Å²) in [6, 6.07) is 6.02. The van der Waals surface area contributed by atoms with Gasteiger partial charge in [0.25, 0.3) is 5.91 Å². The van der Waals surface area contributed by atoms with Crippen molar-refractivity contribution in [2.24, 2.45) is 0 Å². The van der Waals surface area contributed by atoms with Gasteiger partial charge in [-0.1, -0.05) is 57.0 Å². The minimum Gasteiger partial charge on any atom is -0.466 e. The van der Waals surface area contributed by atoms with Crippen LogP contribution in [0.4, 0.5) is 5.95 Å². The highest BCUT2D eigenvalue weighted by molar-refractivity contribution is 7.71. The second-order valence-corrected chi connectivity index (χ2v) is 11.0. The molecule has 1 aromatic carbocycles. The molecule has 0 saturated heterocycles. The zero-order valence-electron chi connectivity index (χ0n) is 26.3. The maximum atomic E-state index is 12.8. The first-order valence-electron chi connectivity index (χ1n) is 15.6. The number of nitrogens with one attached hydrogen (secondary N) is 5. The molecule has 0 aliphatic carbocycles. The molecule has 3 aromatic rings. The van der Waals surface area contributed by atoms with E-state index in [0.717, 1.165) is 42.2 Å². The summed E-state index contributed by atoms with van der Waals surface area (Å²) in [7, 11) is 0. The molecule has 2 aromatic heterocycles. The Kier molecular flexibility index (Phi) is 14.7. The third-order valence-corrected chi connectivity index (χ3v) is 7.37. The third-order valence-electron chi connectivity index (χ3n) is 7.08. The first kappa shape index (κ1) is 35.4. The number of benzene rings is 1. The molecule has 0 unspecified atom stereocenters. The van der Waals surface area contributed by atoms with E-state index in [4.69, 9.17) is 21.7 Å². The number of aromatic nitrogens is 3. The molecular formula is C32H44N6O6S. The Labute approximate surface area is 268 Å². The zero-order valence-corrected chi connectivity index (χ0v) is 27.1. The van der Waals surface area contributed by atoms with E-state index in [0.29, 0.717) is 41.3 Å². The van der Waals surface area contributed by atoms with Crippen molar-refractivity contribution in [3.8, 4) is 0 Å². The Morgan fingerprint density at radius 1 is 0.933 bits per heavy atom. The Hall–Kier alpha value is -4.10. The maximum absolute atomic E-state index is 12.8. The van der Waals surface area contributed by atoms with Gasteiger partial charge in [0.05, 0.1) is 18.6 Å². The normalized spacial score (nSPS) is 11.6. The Morgan fingerprint density at radius 2 is 1.67 bits per heavy atom. The number of amides is 2. The number of hydrogen-bond acceptors (Lipinski definition) is 9. The van der Waals surface area contributed by atoms with Crippen LogP contribution in [-0.4, -0.2) is 58.0 Å². The van der Waals surface area contributed by atoms with Gasteiger partial charge in [-0.25, -0.2) is 9.78 Å². The summed E-state index contributed by atoms with van der Waals surface area (Å²) in [5.41, 5.74) is 2.93. The first-order valence-corrected chi connectivity index (χ1v) is 16.0. The van der Waals surface area contributed by atoms with Crippen LogP contribution < -0.4 is 16.0 Å². The van der Waals surface area contributed by atoms with Gasteiger partial charge in [-0.2, -0.15) is 0 Å². The van der Waals surface area contributed by atoms with Gasteiger partial charge in [0.2, 0.25) is 11.9 Å². The van der Waals surface area contributed by atoms with Crippen LogP contribution in [-0.2, 0) is 36.9 Å². The number of carbonyl (C=O) groups excluding carboxylic acids is 4. The number of anilines is 1. The van der Waals surface area contributed by atoms with Crippen LogP contribution in [0.2, 0.25) is 0 Å². The molecule has 0 aliphatic rings. The number of rotatable bonds is 19. The SMILES string of the molecule is CCCCCCCC(=O)Nc1nc(=S)c2c(CNCc3ccc(C(=O)N[C@@H](CCC(=O)OCC)C(=O)OCC)cc3)c[nH]c2[nH]1. The van der Waals surface area contributed by atoms with Crippen LogP contribution >= 0.6 is 12.2 Å². The number of hydrogen-bond donors (Lipinski definition) is 5. The van der Waals surface area contributed by atoms with Gasteiger partial charge < -0.3 is 30.1 Å². The standard InChI is InChI=1S/C32H44N6O6S/c1-4-7-8-9-10-11-25(39)36-32-37-28-27(30(45)38-32)23(20-34-28)19-33-18-21-12-14-22(15-13-21)29(41)35-24(31(42)44-6-3)16-17-26(40)43-5-2/h12-15,20,24,33H,4-11,16-19H2,1-3H3,(H,35,41)(H3,34,36,37,38,39,45)/t24-/m0/s1. The molecule has 1 atom stereocenters. The van der Waals surface area contributed by atoms with E-state index in [1.54, 1.807) is 26.0 Å². The van der Waals surface area contributed by atoms with E-state index in [1.165, 1.54) is 6.42 Å². The molecule has 12 nitrogen and oxygen atoms in total. The lowest BCUT2D eigenvalue weighted by Crippen LogP contribution is -2.42. The fourth-order valence-corrected chi connectivity index (χ4v) is 5.06. The highest BCUT2D eigenvalue weighted by Gasteiger charge is 2.24. The zero-order chi connectivity index (χ0) is 32.6. The number of nitrogens with zero attached hydrogens (tertiary/aromatic N) is 1. The summed E-state index contributed by atoms with van der Waals surface area (Å²) < 4.78 is 10.4. The molecule has 2 amide bonds. The largest absolute Gasteiger partial charge is 0.466 e. The number of ether oxygens (including phenoxy) is 2. The minimum atomic E-state index is -0.965. The van der Waals surface area contributed by atoms with E-state index >= 15 is 0 Å². The van der Waals surface area contributed by atoms with Gasteiger partial charge in [0.1, 0.15) is 16.3 Å². The molecular weight excluding hydrogens is 596 g/mol. The van der Waals surface area contributed by atoms with Crippen molar-refractivity contribution in [1.29, 1.82) is 0 Å². The number of unbranched alkanes of at least 4 members (excludes halogenated alkanes) is 4. The van der Waals surface area contributed by atoms with Gasteiger partial charge in [0.15, 0.2) is 0 Å². The van der Waals surface area contributed by atoms with E-state index in [2.05, 4.69) is 37.8 Å². The molecule has 0 spiro atoms. The molecule has 13 heteroatoms. The van der Waals surface area contributed by atoms with E-state index in [9.17, 15) is 19.2 Å². The van der Waals surface area contributed by atoms with Crippen LogP contribution in [0.1, 0.15) is 93.6 Å². The first-order chi connectivity index (χ1) is 21.7. The smallest absolute Gasteiger partial charge is 0.328 e. The Morgan fingerprint density at radius 3 is 2.38 bits per heavy atom. The van der Waals surface area contributed by atoms with Crippen LogP contribution in [0.3, 0.4) is 0 Å².